The Morgan fingerprint density at radius 1 is 0.909 bits per heavy atom. The van der Waals surface area contributed by atoms with E-state index in [0.29, 0.717) is 17.2 Å². The normalized spacial score (nSPS) is 15.7. The van der Waals surface area contributed by atoms with Gasteiger partial charge in [-0.25, -0.2) is 0 Å². The molecule has 0 saturated carbocycles. The van der Waals surface area contributed by atoms with Gasteiger partial charge in [-0.15, -0.1) is 0 Å². The Labute approximate surface area is 129 Å². The van der Waals surface area contributed by atoms with E-state index in [1.54, 1.807) is 21.3 Å². The summed E-state index contributed by atoms with van der Waals surface area (Å²) in [4.78, 5) is 0. The quantitative estimate of drug-likeness (QED) is 0.859. The van der Waals surface area contributed by atoms with Gasteiger partial charge in [-0.05, 0) is 24.3 Å². The molecule has 1 aliphatic heterocycles. The largest absolute Gasteiger partial charge is 0.493 e. The highest BCUT2D eigenvalue weighted by atomic mass is 16.5. The SMILES string of the molecule is COc1cc(C2C=Cc3ccccc3O2)cc(OC)c1OC. The van der Waals surface area contributed by atoms with Gasteiger partial charge in [0, 0.05) is 11.1 Å². The summed E-state index contributed by atoms with van der Waals surface area (Å²) in [7, 11) is 4.80. The summed E-state index contributed by atoms with van der Waals surface area (Å²) >= 11 is 0. The lowest BCUT2D eigenvalue weighted by Crippen LogP contribution is -2.09. The third kappa shape index (κ3) is 2.48. The van der Waals surface area contributed by atoms with E-state index in [1.165, 1.54) is 0 Å². The fourth-order valence-electron chi connectivity index (χ4n) is 2.54. The molecule has 0 amide bonds. The average Bonchev–Trinajstić information content (AvgIpc) is 2.59. The first-order valence-corrected chi connectivity index (χ1v) is 7.00. The van der Waals surface area contributed by atoms with Gasteiger partial charge in [-0.1, -0.05) is 24.3 Å². The second kappa shape index (κ2) is 6.02. The van der Waals surface area contributed by atoms with Crippen LogP contribution in [0.3, 0.4) is 0 Å². The summed E-state index contributed by atoms with van der Waals surface area (Å²) in [6.07, 6.45) is 3.89. The molecule has 4 nitrogen and oxygen atoms in total. The van der Waals surface area contributed by atoms with Crippen molar-refractivity contribution in [1.82, 2.24) is 0 Å². The second-order valence-corrected chi connectivity index (χ2v) is 4.89. The minimum atomic E-state index is -0.191. The molecule has 1 heterocycles. The first-order chi connectivity index (χ1) is 10.8. The van der Waals surface area contributed by atoms with Crippen molar-refractivity contribution in [3.63, 3.8) is 0 Å². The fourth-order valence-corrected chi connectivity index (χ4v) is 2.54. The maximum Gasteiger partial charge on any atom is 0.203 e. The predicted octanol–water partition coefficient (Wildman–Crippen LogP) is 3.86. The van der Waals surface area contributed by atoms with E-state index in [2.05, 4.69) is 6.08 Å². The van der Waals surface area contributed by atoms with E-state index < -0.39 is 0 Å². The Morgan fingerprint density at radius 2 is 1.59 bits per heavy atom. The number of ether oxygens (including phenoxy) is 4. The smallest absolute Gasteiger partial charge is 0.203 e. The molecule has 0 spiro atoms. The third-order valence-corrected chi connectivity index (χ3v) is 3.64. The monoisotopic (exact) mass is 298 g/mol. The highest BCUT2D eigenvalue weighted by Crippen LogP contribution is 2.42. The van der Waals surface area contributed by atoms with Gasteiger partial charge < -0.3 is 18.9 Å². The summed E-state index contributed by atoms with van der Waals surface area (Å²) in [6.45, 7) is 0. The summed E-state index contributed by atoms with van der Waals surface area (Å²) in [5, 5.41) is 0. The van der Waals surface area contributed by atoms with Crippen LogP contribution in [-0.2, 0) is 0 Å². The van der Waals surface area contributed by atoms with Crippen LogP contribution in [0.4, 0.5) is 0 Å². The summed E-state index contributed by atoms with van der Waals surface area (Å²) in [6, 6.07) is 11.8. The van der Waals surface area contributed by atoms with Crippen molar-refractivity contribution >= 4 is 6.08 Å². The Kier molecular flexibility index (Phi) is 3.92. The first-order valence-electron chi connectivity index (χ1n) is 7.00. The molecule has 1 unspecified atom stereocenters. The Balaban J connectivity index is 2.00. The minimum absolute atomic E-state index is 0.191. The summed E-state index contributed by atoms with van der Waals surface area (Å²) in [5.74, 6) is 2.68. The first kappa shape index (κ1) is 14.3. The van der Waals surface area contributed by atoms with Gasteiger partial charge in [0.2, 0.25) is 5.75 Å². The van der Waals surface area contributed by atoms with Gasteiger partial charge in [-0.3, -0.25) is 0 Å². The van der Waals surface area contributed by atoms with Crippen molar-refractivity contribution in [3.05, 3.63) is 53.6 Å². The molecule has 4 heteroatoms. The van der Waals surface area contributed by atoms with Crippen LogP contribution < -0.4 is 18.9 Å². The highest BCUT2D eigenvalue weighted by molar-refractivity contribution is 5.62. The van der Waals surface area contributed by atoms with Gasteiger partial charge in [0.25, 0.3) is 0 Å². The standard InChI is InChI=1S/C18H18O4/c1-19-16-10-13(11-17(20-2)18(16)21-3)15-9-8-12-6-4-5-7-14(12)22-15/h4-11,15H,1-3H3. The molecule has 2 aromatic carbocycles. The highest BCUT2D eigenvalue weighted by Gasteiger charge is 2.21. The lowest BCUT2D eigenvalue weighted by Gasteiger charge is -2.23. The zero-order chi connectivity index (χ0) is 15.5. The van der Waals surface area contributed by atoms with Crippen LogP contribution in [-0.4, -0.2) is 21.3 Å². The molecular formula is C18H18O4. The van der Waals surface area contributed by atoms with Crippen LogP contribution in [0.5, 0.6) is 23.0 Å². The number of para-hydroxylation sites is 1. The zero-order valence-corrected chi connectivity index (χ0v) is 12.8. The Morgan fingerprint density at radius 3 is 2.23 bits per heavy atom. The van der Waals surface area contributed by atoms with Gasteiger partial charge in [0.05, 0.1) is 21.3 Å². The molecule has 0 fully saturated rings. The van der Waals surface area contributed by atoms with Crippen molar-refractivity contribution in [2.24, 2.45) is 0 Å². The van der Waals surface area contributed by atoms with Crippen molar-refractivity contribution in [2.75, 3.05) is 21.3 Å². The number of methoxy groups -OCH3 is 3. The average molecular weight is 298 g/mol. The summed E-state index contributed by atoms with van der Waals surface area (Å²) in [5.41, 5.74) is 2.02. The molecule has 0 N–H and O–H groups in total. The van der Waals surface area contributed by atoms with E-state index in [9.17, 15) is 0 Å². The van der Waals surface area contributed by atoms with Crippen LogP contribution in [0.1, 0.15) is 17.2 Å². The Bertz CT molecular complexity index is 681. The maximum atomic E-state index is 6.05. The molecule has 3 rings (SSSR count). The van der Waals surface area contributed by atoms with Crippen LogP contribution in [0.2, 0.25) is 0 Å². The molecule has 0 radical (unpaired) electrons. The maximum absolute atomic E-state index is 6.05. The molecule has 0 aliphatic carbocycles. The van der Waals surface area contributed by atoms with Crippen LogP contribution >= 0.6 is 0 Å². The molecule has 2 aromatic rings. The van der Waals surface area contributed by atoms with E-state index in [0.717, 1.165) is 16.9 Å². The predicted molar refractivity (Wildman–Crippen MR) is 84.9 cm³/mol. The second-order valence-electron chi connectivity index (χ2n) is 4.89. The lowest BCUT2D eigenvalue weighted by atomic mass is 10.0. The molecular weight excluding hydrogens is 280 g/mol. The van der Waals surface area contributed by atoms with Crippen molar-refractivity contribution in [2.45, 2.75) is 6.10 Å². The summed E-state index contributed by atoms with van der Waals surface area (Å²) < 4.78 is 22.2. The van der Waals surface area contributed by atoms with Gasteiger partial charge in [0.1, 0.15) is 11.9 Å². The van der Waals surface area contributed by atoms with E-state index in [4.69, 9.17) is 18.9 Å². The van der Waals surface area contributed by atoms with E-state index in [1.807, 2.05) is 42.5 Å². The van der Waals surface area contributed by atoms with Gasteiger partial charge in [0.15, 0.2) is 11.5 Å². The lowest BCUT2D eigenvalue weighted by molar-refractivity contribution is 0.249. The number of hydrogen-bond acceptors (Lipinski definition) is 4. The molecule has 22 heavy (non-hydrogen) atoms. The molecule has 0 bridgehead atoms. The number of rotatable bonds is 4. The third-order valence-electron chi connectivity index (χ3n) is 3.64. The topological polar surface area (TPSA) is 36.9 Å². The molecule has 0 saturated heterocycles. The van der Waals surface area contributed by atoms with E-state index >= 15 is 0 Å². The molecule has 1 aliphatic rings. The van der Waals surface area contributed by atoms with Crippen molar-refractivity contribution in [3.8, 4) is 23.0 Å². The number of hydrogen-bond donors (Lipinski definition) is 0. The van der Waals surface area contributed by atoms with Gasteiger partial charge >= 0.3 is 0 Å². The zero-order valence-electron chi connectivity index (χ0n) is 12.8. The minimum Gasteiger partial charge on any atom is -0.493 e. The van der Waals surface area contributed by atoms with E-state index in [-0.39, 0.29) is 6.10 Å². The van der Waals surface area contributed by atoms with Gasteiger partial charge in [-0.2, -0.15) is 0 Å². The molecule has 114 valence electrons. The van der Waals surface area contributed by atoms with Crippen LogP contribution in [0.15, 0.2) is 42.5 Å². The molecule has 0 aromatic heterocycles. The fraction of sp³-hybridized carbons (Fsp3) is 0.222. The van der Waals surface area contributed by atoms with Crippen LogP contribution in [0, 0.1) is 0 Å². The Hall–Kier alpha value is -2.62. The van der Waals surface area contributed by atoms with Crippen LogP contribution in [0.25, 0.3) is 6.08 Å². The molecule has 1 atom stereocenters. The van der Waals surface area contributed by atoms with Crippen molar-refractivity contribution < 1.29 is 18.9 Å². The number of fused-ring (bicyclic) bond motifs is 1. The van der Waals surface area contributed by atoms with Crippen molar-refractivity contribution in [1.29, 1.82) is 0 Å². The number of benzene rings is 2.